The van der Waals surface area contributed by atoms with Crippen LogP contribution in [0.5, 0.6) is 0 Å². The standard InChI is InChI=1S/C15H13N2P/c1-17-16-14(12-8-4-2-5-9-12)15(18-17)13-10-6-3-7-11-13/h2-11H,1H3. The summed E-state index contributed by atoms with van der Waals surface area (Å²) in [6.07, 6.45) is 0. The molecule has 0 atom stereocenters. The van der Waals surface area contributed by atoms with Gasteiger partial charge in [0.1, 0.15) is 5.69 Å². The molecule has 2 nitrogen and oxygen atoms in total. The second-order valence-corrected chi connectivity index (χ2v) is 5.34. The van der Waals surface area contributed by atoms with E-state index in [1.807, 2.05) is 23.6 Å². The summed E-state index contributed by atoms with van der Waals surface area (Å²) in [7, 11) is 3.14. The van der Waals surface area contributed by atoms with Crippen molar-refractivity contribution in [2.24, 2.45) is 7.05 Å². The normalized spacial score (nSPS) is 10.9. The first-order valence-corrected chi connectivity index (χ1v) is 6.71. The van der Waals surface area contributed by atoms with E-state index in [1.165, 1.54) is 16.4 Å². The Labute approximate surface area is 108 Å². The molecule has 2 aromatic carbocycles. The molecule has 0 aliphatic heterocycles. The predicted octanol–water partition coefficient (Wildman–Crippen LogP) is 4.33. The first kappa shape index (κ1) is 11.2. The van der Waals surface area contributed by atoms with Crippen molar-refractivity contribution in [1.29, 1.82) is 0 Å². The van der Waals surface area contributed by atoms with Crippen LogP contribution in [-0.4, -0.2) is 9.54 Å². The molecule has 0 radical (unpaired) electrons. The molecule has 18 heavy (non-hydrogen) atoms. The summed E-state index contributed by atoms with van der Waals surface area (Å²) in [6, 6.07) is 20.8. The van der Waals surface area contributed by atoms with Crippen molar-refractivity contribution in [2.45, 2.75) is 0 Å². The lowest BCUT2D eigenvalue weighted by molar-refractivity contribution is 0.847. The number of nitrogens with zero attached hydrogens (tertiary/aromatic N) is 2. The second-order valence-electron chi connectivity index (χ2n) is 4.12. The zero-order valence-corrected chi connectivity index (χ0v) is 11.0. The Hall–Kier alpha value is -1.92. The topological polar surface area (TPSA) is 17.8 Å². The fourth-order valence-corrected chi connectivity index (χ4v) is 2.94. The van der Waals surface area contributed by atoms with Gasteiger partial charge in [-0.1, -0.05) is 60.7 Å². The van der Waals surface area contributed by atoms with Crippen molar-refractivity contribution < 1.29 is 0 Å². The smallest absolute Gasteiger partial charge is 0.105 e. The Morgan fingerprint density at radius 3 is 2.00 bits per heavy atom. The maximum atomic E-state index is 4.62. The highest BCUT2D eigenvalue weighted by molar-refractivity contribution is 7.30. The van der Waals surface area contributed by atoms with Gasteiger partial charge in [-0.2, -0.15) is 5.10 Å². The molecule has 0 fully saturated rings. The van der Waals surface area contributed by atoms with E-state index < -0.39 is 0 Å². The van der Waals surface area contributed by atoms with E-state index in [0.717, 1.165) is 14.0 Å². The molecule has 0 bridgehead atoms. The van der Waals surface area contributed by atoms with E-state index >= 15 is 0 Å². The number of benzene rings is 2. The fraction of sp³-hybridized carbons (Fsp3) is 0.0667. The van der Waals surface area contributed by atoms with Gasteiger partial charge in [0.25, 0.3) is 0 Å². The molecule has 0 unspecified atom stereocenters. The summed E-state index contributed by atoms with van der Waals surface area (Å²) >= 11 is 0. The van der Waals surface area contributed by atoms with Gasteiger partial charge in [0.2, 0.25) is 0 Å². The lowest BCUT2D eigenvalue weighted by Crippen LogP contribution is -1.86. The maximum Gasteiger partial charge on any atom is 0.105 e. The maximum absolute atomic E-state index is 4.62. The van der Waals surface area contributed by atoms with Gasteiger partial charge in [-0.3, -0.25) is 0 Å². The van der Waals surface area contributed by atoms with Gasteiger partial charge < -0.3 is 0 Å². The summed E-state index contributed by atoms with van der Waals surface area (Å²) in [6.45, 7) is 0. The van der Waals surface area contributed by atoms with E-state index in [9.17, 15) is 0 Å². The molecule has 3 heteroatoms. The van der Waals surface area contributed by atoms with Crippen molar-refractivity contribution in [3.05, 3.63) is 60.7 Å². The molecule has 0 spiro atoms. The molecular weight excluding hydrogens is 239 g/mol. The Balaban J connectivity index is 2.17. The molecule has 1 aromatic heterocycles. The van der Waals surface area contributed by atoms with Gasteiger partial charge in [-0.15, -0.1) is 0 Å². The highest BCUT2D eigenvalue weighted by Crippen LogP contribution is 2.36. The zero-order valence-electron chi connectivity index (χ0n) is 10.1. The largest absolute Gasteiger partial charge is 0.249 e. The average molecular weight is 252 g/mol. The molecule has 3 aromatic rings. The number of rotatable bonds is 2. The Morgan fingerprint density at radius 1 is 0.833 bits per heavy atom. The molecule has 0 aliphatic rings. The van der Waals surface area contributed by atoms with Crippen molar-refractivity contribution in [3.63, 3.8) is 0 Å². The van der Waals surface area contributed by atoms with Crippen molar-refractivity contribution >= 4 is 8.35 Å². The van der Waals surface area contributed by atoms with E-state index in [2.05, 4.69) is 53.6 Å². The molecule has 1 heterocycles. The summed E-state index contributed by atoms with van der Waals surface area (Å²) in [5.74, 6) is 0. The van der Waals surface area contributed by atoms with Crippen molar-refractivity contribution in [2.75, 3.05) is 0 Å². The van der Waals surface area contributed by atoms with E-state index in [1.54, 1.807) is 0 Å². The van der Waals surface area contributed by atoms with Gasteiger partial charge in [-0.25, -0.2) is 4.44 Å². The van der Waals surface area contributed by atoms with E-state index in [-0.39, 0.29) is 0 Å². The van der Waals surface area contributed by atoms with Gasteiger partial charge >= 0.3 is 0 Å². The summed E-state index contributed by atoms with van der Waals surface area (Å²) in [5, 5.41) is 5.89. The monoisotopic (exact) mass is 252 g/mol. The minimum atomic E-state index is 1.07. The molecule has 0 saturated heterocycles. The van der Waals surface area contributed by atoms with Gasteiger partial charge in [0, 0.05) is 21.0 Å². The lowest BCUT2D eigenvalue weighted by atomic mass is 10.1. The minimum Gasteiger partial charge on any atom is -0.249 e. The molecular formula is C15H13N2P. The first-order chi connectivity index (χ1) is 8.84. The van der Waals surface area contributed by atoms with Crippen LogP contribution in [-0.2, 0) is 7.05 Å². The molecule has 0 N–H and O–H groups in total. The third kappa shape index (κ3) is 2.07. The number of aryl methyl sites for hydroxylation is 1. The first-order valence-electron chi connectivity index (χ1n) is 5.87. The molecule has 3 rings (SSSR count). The highest BCUT2D eigenvalue weighted by Gasteiger charge is 2.11. The summed E-state index contributed by atoms with van der Waals surface area (Å²) in [4.78, 5) is 0. The van der Waals surface area contributed by atoms with Crippen LogP contribution in [0.2, 0.25) is 0 Å². The van der Waals surface area contributed by atoms with Crippen LogP contribution in [0, 0.1) is 0 Å². The van der Waals surface area contributed by atoms with Gasteiger partial charge in [0.05, 0.1) is 5.30 Å². The quantitative estimate of drug-likeness (QED) is 0.663. The van der Waals surface area contributed by atoms with Crippen LogP contribution in [0.4, 0.5) is 0 Å². The third-order valence-electron chi connectivity index (χ3n) is 2.81. The van der Waals surface area contributed by atoms with Crippen LogP contribution >= 0.6 is 8.35 Å². The third-order valence-corrected chi connectivity index (χ3v) is 3.86. The van der Waals surface area contributed by atoms with E-state index in [0.29, 0.717) is 0 Å². The van der Waals surface area contributed by atoms with Crippen molar-refractivity contribution in [3.8, 4) is 22.1 Å². The molecule has 0 aliphatic carbocycles. The van der Waals surface area contributed by atoms with Crippen molar-refractivity contribution in [1.82, 2.24) is 9.54 Å². The SMILES string of the molecule is Cn1nc(-c2ccccc2)c(-c2ccccc2)p1. The van der Waals surface area contributed by atoms with Crippen LogP contribution in [0.25, 0.3) is 22.1 Å². The van der Waals surface area contributed by atoms with Gasteiger partial charge in [0.15, 0.2) is 0 Å². The van der Waals surface area contributed by atoms with Crippen LogP contribution in [0.3, 0.4) is 0 Å². The number of hydrogen-bond acceptors (Lipinski definition) is 1. The fourth-order valence-electron chi connectivity index (χ4n) is 1.99. The van der Waals surface area contributed by atoms with Crippen LogP contribution < -0.4 is 0 Å². The van der Waals surface area contributed by atoms with Crippen LogP contribution in [0.1, 0.15) is 0 Å². The lowest BCUT2D eigenvalue weighted by Gasteiger charge is -2.01. The average Bonchev–Trinajstić information content (AvgIpc) is 2.83. The molecule has 88 valence electrons. The summed E-state index contributed by atoms with van der Waals surface area (Å²) in [5.41, 5.74) is 3.49. The Morgan fingerprint density at radius 2 is 1.39 bits per heavy atom. The Kier molecular flexibility index (Phi) is 2.95. The zero-order chi connectivity index (χ0) is 12.4. The highest BCUT2D eigenvalue weighted by atomic mass is 31.0. The number of hydrogen-bond donors (Lipinski definition) is 0. The van der Waals surface area contributed by atoms with Gasteiger partial charge in [-0.05, 0) is 5.56 Å². The second kappa shape index (κ2) is 4.75. The molecule has 0 saturated carbocycles. The van der Waals surface area contributed by atoms with E-state index in [4.69, 9.17) is 0 Å². The number of aromatic nitrogens is 2. The molecule has 0 amide bonds. The Bertz CT molecular complexity index is 588. The predicted molar refractivity (Wildman–Crippen MR) is 76.6 cm³/mol. The van der Waals surface area contributed by atoms with Crippen LogP contribution in [0.15, 0.2) is 60.7 Å². The summed E-state index contributed by atoms with van der Waals surface area (Å²) < 4.78 is 1.96. The minimum absolute atomic E-state index is 1.07.